The fourth-order valence-electron chi connectivity index (χ4n) is 3.87. The van der Waals surface area contributed by atoms with Crippen molar-refractivity contribution in [2.45, 2.75) is 19.2 Å². The zero-order chi connectivity index (χ0) is 23.4. The molecule has 1 atom stereocenters. The number of carbonyl (C=O) groups is 2. The zero-order valence-electron chi connectivity index (χ0n) is 18.4. The van der Waals surface area contributed by atoms with E-state index in [1.807, 2.05) is 25.1 Å². The molecule has 4 rings (SSSR count). The van der Waals surface area contributed by atoms with E-state index in [4.69, 9.17) is 9.47 Å². The Hall–Kier alpha value is -4.04. The highest BCUT2D eigenvalue weighted by Crippen LogP contribution is 2.40. The molecule has 8 nitrogen and oxygen atoms in total. The molecule has 3 aromatic rings. The Morgan fingerprint density at radius 2 is 1.76 bits per heavy atom. The number of hydrogen-bond acceptors (Lipinski definition) is 5. The summed E-state index contributed by atoms with van der Waals surface area (Å²) in [6, 6.07) is 19.9. The van der Waals surface area contributed by atoms with Crippen molar-refractivity contribution in [2.75, 3.05) is 23.9 Å². The molecule has 3 amide bonds. The highest BCUT2D eigenvalue weighted by atomic mass is 16.5. The third kappa shape index (κ3) is 4.08. The second kappa shape index (κ2) is 9.22. The van der Waals surface area contributed by atoms with Gasteiger partial charge in [0.15, 0.2) is 0 Å². The molecule has 0 bridgehead atoms. The van der Waals surface area contributed by atoms with Crippen molar-refractivity contribution in [3.63, 3.8) is 0 Å². The molecule has 0 radical (unpaired) electrons. The minimum atomic E-state index is -2.28. The molecule has 0 fully saturated rings. The Labute approximate surface area is 191 Å². The van der Waals surface area contributed by atoms with Crippen molar-refractivity contribution in [3.05, 3.63) is 83.9 Å². The molecule has 3 N–H and O–H groups in total. The highest BCUT2D eigenvalue weighted by molar-refractivity contribution is 6.11. The first-order valence-electron chi connectivity index (χ1n) is 10.5. The topological polar surface area (TPSA) is 100 Å². The van der Waals surface area contributed by atoms with Gasteiger partial charge in [0.25, 0.3) is 11.6 Å². The van der Waals surface area contributed by atoms with Crippen LogP contribution >= 0.6 is 0 Å². The molecule has 0 aliphatic carbocycles. The third-order valence-electron chi connectivity index (χ3n) is 5.43. The Morgan fingerprint density at radius 1 is 1.06 bits per heavy atom. The number of ether oxygens (including phenoxy) is 2. The van der Waals surface area contributed by atoms with Gasteiger partial charge in [-0.05, 0) is 43.3 Å². The first-order chi connectivity index (χ1) is 16.0. The van der Waals surface area contributed by atoms with Gasteiger partial charge in [0, 0.05) is 23.4 Å². The minimum Gasteiger partial charge on any atom is -0.496 e. The van der Waals surface area contributed by atoms with Gasteiger partial charge in [-0.3, -0.25) is 9.69 Å². The van der Waals surface area contributed by atoms with Crippen LogP contribution in [0.2, 0.25) is 0 Å². The maximum Gasteiger partial charge on any atom is 0.329 e. The number of nitrogens with one attached hydrogen (secondary N) is 2. The van der Waals surface area contributed by atoms with Crippen LogP contribution in [0.25, 0.3) is 0 Å². The smallest absolute Gasteiger partial charge is 0.329 e. The molecule has 1 aliphatic rings. The lowest BCUT2D eigenvalue weighted by molar-refractivity contribution is -0.140. The first-order valence-corrected chi connectivity index (χ1v) is 10.5. The maximum atomic E-state index is 13.5. The van der Waals surface area contributed by atoms with E-state index in [9.17, 15) is 14.7 Å². The van der Waals surface area contributed by atoms with E-state index in [-0.39, 0.29) is 12.1 Å². The molecule has 0 spiro atoms. The zero-order valence-corrected chi connectivity index (χ0v) is 18.4. The van der Waals surface area contributed by atoms with Crippen LogP contribution in [0, 0.1) is 0 Å². The predicted octanol–water partition coefficient (Wildman–Crippen LogP) is 3.61. The number of hydrogen-bond donors (Lipinski definition) is 3. The second-order valence-electron chi connectivity index (χ2n) is 7.40. The Morgan fingerprint density at radius 3 is 2.48 bits per heavy atom. The van der Waals surface area contributed by atoms with Crippen LogP contribution in [0.3, 0.4) is 0 Å². The van der Waals surface area contributed by atoms with Crippen molar-refractivity contribution in [1.29, 1.82) is 0 Å². The molecule has 33 heavy (non-hydrogen) atoms. The fraction of sp³-hybridized carbons (Fsp3) is 0.200. The van der Waals surface area contributed by atoms with Gasteiger partial charge in [-0.25, -0.2) is 4.79 Å². The fourth-order valence-corrected chi connectivity index (χ4v) is 3.87. The number of para-hydroxylation sites is 2. The Kier molecular flexibility index (Phi) is 6.19. The monoisotopic (exact) mass is 447 g/mol. The summed E-state index contributed by atoms with van der Waals surface area (Å²) in [4.78, 5) is 27.6. The van der Waals surface area contributed by atoms with E-state index >= 15 is 0 Å². The van der Waals surface area contributed by atoms with E-state index < -0.39 is 17.7 Å². The third-order valence-corrected chi connectivity index (χ3v) is 5.43. The van der Waals surface area contributed by atoms with E-state index in [1.165, 1.54) is 0 Å². The minimum absolute atomic E-state index is 0.103. The molecular formula is C25H25N3O5. The number of urea groups is 1. The van der Waals surface area contributed by atoms with E-state index in [2.05, 4.69) is 10.6 Å². The summed E-state index contributed by atoms with van der Waals surface area (Å²) in [6.07, 6.45) is 0. The average Bonchev–Trinajstić information content (AvgIpc) is 2.84. The lowest BCUT2D eigenvalue weighted by atomic mass is 9.94. The summed E-state index contributed by atoms with van der Waals surface area (Å²) >= 11 is 0. The highest BCUT2D eigenvalue weighted by Gasteiger charge is 2.51. The molecule has 3 aromatic carbocycles. The van der Waals surface area contributed by atoms with Gasteiger partial charge in [0.1, 0.15) is 11.5 Å². The van der Waals surface area contributed by atoms with Gasteiger partial charge in [0.2, 0.25) is 0 Å². The Bertz CT molecular complexity index is 1160. The molecule has 1 heterocycles. The predicted molar refractivity (Wildman–Crippen MR) is 124 cm³/mol. The number of nitrogens with zero attached hydrogens (tertiary/aromatic N) is 1. The molecule has 0 saturated carbocycles. The molecule has 1 aliphatic heterocycles. The van der Waals surface area contributed by atoms with Gasteiger partial charge in [-0.15, -0.1) is 0 Å². The summed E-state index contributed by atoms with van der Waals surface area (Å²) in [5.74, 6) is 0.475. The summed E-state index contributed by atoms with van der Waals surface area (Å²) in [6.45, 7) is 2.46. The normalized spacial score (nSPS) is 17.1. The van der Waals surface area contributed by atoms with Crippen LogP contribution in [0.1, 0.15) is 18.1 Å². The molecule has 0 aromatic heterocycles. The van der Waals surface area contributed by atoms with Gasteiger partial charge < -0.3 is 25.2 Å². The van der Waals surface area contributed by atoms with Crippen molar-refractivity contribution < 1.29 is 24.2 Å². The number of benzene rings is 3. The number of rotatable bonds is 7. The van der Waals surface area contributed by atoms with Gasteiger partial charge >= 0.3 is 6.03 Å². The van der Waals surface area contributed by atoms with Crippen molar-refractivity contribution in [1.82, 2.24) is 5.32 Å². The van der Waals surface area contributed by atoms with E-state index in [0.717, 1.165) is 10.5 Å². The average molecular weight is 447 g/mol. The molecule has 0 unspecified atom stereocenters. The molecule has 170 valence electrons. The Balaban J connectivity index is 1.72. The lowest BCUT2D eigenvalue weighted by Crippen LogP contribution is -2.62. The summed E-state index contributed by atoms with van der Waals surface area (Å²) in [7, 11) is 1.55. The van der Waals surface area contributed by atoms with Crippen LogP contribution in [0.4, 0.5) is 16.2 Å². The second-order valence-corrected chi connectivity index (χ2v) is 7.40. The summed E-state index contributed by atoms with van der Waals surface area (Å²) in [5, 5.41) is 17.4. The standard InChI is InChI=1S/C25H25N3O5/c1-3-33-19-14-12-18(13-15-19)28-24(30)27-21-10-6-5-9-20(21)25(28,31)23(29)26-16-17-8-4-7-11-22(17)32-2/h4-15,31H,3,16H2,1-2H3,(H,26,29)(H,27,30)/t25-/m0/s1. The number of amides is 3. The summed E-state index contributed by atoms with van der Waals surface area (Å²) < 4.78 is 10.8. The number of anilines is 2. The van der Waals surface area contributed by atoms with Crippen LogP contribution in [0.5, 0.6) is 11.5 Å². The van der Waals surface area contributed by atoms with Gasteiger partial charge in [0.05, 0.1) is 19.4 Å². The number of methoxy groups -OCH3 is 1. The molecule has 8 heteroatoms. The van der Waals surface area contributed by atoms with E-state index in [0.29, 0.717) is 29.5 Å². The van der Waals surface area contributed by atoms with Crippen molar-refractivity contribution >= 4 is 23.3 Å². The van der Waals surface area contributed by atoms with Crippen molar-refractivity contribution in [2.24, 2.45) is 0 Å². The van der Waals surface area contributed by atoms with Crippen LogP contribution in [-0.2, 0) is 17.1 Å². The van der Waals surface area contributed by atoms with Crippen LogP contribution in [0.15, 0.2) is 72.8 Å². The maximum absolute atomic E-state index is 13.5. The summed E-state index contributed by atoms with van der Waals surface area (Å²) in [5.41, 5.74) is -0.595. The van der Waals surface area contributed by atoms with Gasteiger partial charge in [-0.2, -0.15) is 0 Å². The van der Waals surface area contributed by atoms with Crippen molar-refractivity contribution in [3.8, 4) is 11.5 Å². The first kappa shape index (κ1) is 22.2. The number of carbonyl (C=O) groups excluding carboxylic acids is 2. The quantitative estimate of drug-likeness (QED) is 0.514. The molecular weight excluding hydrogens is 422 g/mol. The van der Waals surface area contributed by atoms with E-state index in [1.54, 1.807) is 61.7 Å². The van der Waals surface area contributed by atoms with Crippen LogP contribution < -0.4 is 25.0 Å². The van der Waals surface area contributed by atoms with Gasteiger partial charge in [-0.1, -0.05) is 36.4 Å². The van der Waals surface area contributed by atoms with Crippen LogP contribution in [-0.4, -0.2) is 30.8 Å². The number of aliphatic hydroxyl groups is 1. The lowest BCUT2D eigenvalue weighted by Gasteiger charge is -2.42. The molecule has 0 saturated heterocycles. The number of fused-ring (bicyclic) bond motifs is 1. The SMILES string of the molecule is CCOc1ccc(N2C(=O)Nc3ccccc3[C@]2(O)C(=O)NCc2ccccc2OC)cc1. The largest absolute Gasteiger partial charge is 0.496 e.